The first-order valence-electron chi connectivity index (χ1n) is 23.4. The van der Waals surface area contributed by atoms with Crippen molar-refractivity contribution < 1.29 is 56.3 Å². The van der Waals surface area contributed by atoms with Crippen molar-refractivity contribution in [3.05, 3.63) is 45.8 Å². The number of carboxylic acid groups (broad SMARTS) is 1. The number of phosphoric ester groups is 1. The highest BCUT2D eigenvalue weighted by Crippen LogP contribution is 2.43. The van der Waals surface area contributed by atoms with Crippen LogP contribution in [0, 0.1) is 20.8 Å². The molecule has 0 bridgehead atoms. The Kier molecular flexibility index (Phi) is 28.3. The van der Waals surface area contributed by atoms with E-state index >= 15 is 0 Å². The van der Waals surface area contributed by atoms with E-state index in [-0.39, 0.29) is 19.4 Å². The monoisotopic (exact) mass is 882 g/mol. The number of rotatable bonds is 38. The normalized spacial score (nSPS) is 13.6. The predicted molar refractivity (Wildman–Crippen MR) is 238 cm³/mol. The van der Waals surface area contributed by atoms with Gasteiger partial charge in [-0.15, -0.1) is 0 Å². The summed E-state index contributed by atoms with van der Waals surface area (Å²) in [5, 5.41) is 8.92. The minimum absolute atomic E-state index is 0.127. The molecule has 61 heavy (non-hydrogen) atoms. The smallest absolute Gasteiger partial charge is 0.472 e. The van der Waals surface area contributed by atoms with Crippen LogP contribution in [0.25, 0.3) is 0 Å². The average molecular weight is 882 g/mol. The van der Waals surface area contributed by atoms with Crippen molar-refractivity contribution in [1.29, 1.82) is 0 Å². The molecule has 0 aliphatic rings. The lowest BCUT2D eigenvalue weighted by molar-refractivity contribution is -0.161. The van der Waals surface area contributed by atoms with Gasteiger partial charge in [0.15, 0.2) is 6.10 Å². The number of aliphatic carboxylic acids is 1. The molecule has 3 atom stereocenters. The van der Waals surface area contributed by atoms with Crippen molar-refractivity contribution in [3.63, 3.8) is 0 Å². The van der Waals surface area contributed by atoms with Crippen LogP contribution in [0.15, 0.2) is 14.9 Å². The van der Waals surface area contributed by atoms with E-state index in [0.717, 1.165) is 113 Å². The van der Waals surface area contributed by atoms with Gasteiger partial charge in [0.25, 0.3) is 0 Å². The van der Waals surface area contributed by atoms with E-state index in [0.29, 0.717) is 12.8 Å². The molecule has 13 nitrogen and oxygen atoms in total. The van der Waals surface area contributed by atoms with Gasteiger partial charge in [-0.3, -0.25) is 23.4 Å². The fraction of sp³-hybridized carbons (Fsp3) is 0.766. The number of carboxylic acids is 1. The lowest BCUT2D eigenvalue weighted by Crippen LogP contribution is -2.34. The molecule has 0 saturated heterocycles. The standard InChI is InChI=1S/C47H80NO12P/c1-6-8-21-27-39-32-36(3)42(58-39)28-22-17-13-11-9-10-12-14-19-24-30-45(49)55-33-40(34-56-61(53,54)57-35-41(48)47(51)52)59-46(50)31-25-20-16-15-18-23-29-44-38(5)37(4)43(60-44)26-7-2/h32,40-41H,6-31,33-35,48H2,1-5H3,(H,51,52)(H,53,54). The van der Waals surface area contributed by atoms with Crippen LogP contribution in [0.3, 0.4) is 0 Å². The summed E-state index contributed by atoms with van der Waals surface area (Å²) >= 11 is 0. The minimum atomic E-state index is -4.74. The number of hydrogen-bond donors (Lipinski definition) is 3. The van der Waals surface area contributed by atoms with Crippen LogP contribution in [0.2, 0.25) is 0 Å². The first-order valence-corrected chi connectivity index (χ1v) is 24.9. The maximum atomic E-state index is 12.7. The average Bonchev–Trinajstić information content (AvgIpc) is 3.71. The Bertz CT molecular complexity index is 1570. The topological polar surface area (TPSA) is 198 Å². The maximum absolute atomic E-state index is 12.7. The zero-order valence-electron chi connectivity index (χ0n) is 38.2. The van der Waals surface area contributed by atoms with Gasteiger partial charge in [-0.1, -0.05) is 104 Å². The van der Waals surface area contributed by atoms with Crippen LogP contribution in [0.4, 0.5) is 0 Å². The minimum Gasteiger partial charge on any atom is -0.480 e. The van der Waals surface area contributed by atoms with Gasteiger partial charge in [-0.2, -0.15) is 0 Å². The number of hydrogen-bond acceptors (Lipinski definition) is 11. The van der Waals surface area contributed by atoms with Crippen LogP contribution in [0.5, 0.6) is 0 Å². The van der Waals surface area contributed by atoms with Crippen LogP contribution in [-0.2, 0) is 63.2 Å². The predicted octanol–water partition coefficient (Wildman–Crippen LogP) is 11.3. The van der Waals surface area contributed by atoms with Crippen LogP contribution in [0.1, 0.15) is 195 Å². The van der Waals surface area contributed by atoms with Gasteiger partial charge in [0.1, 0.15) is 35.7 Å². The number of unbranched alkanes of at least 4 members (excludes halogenated alkanes) is 16. The molecule has 14 heteroatoms. The molecule has 350 valence electrons. The third-order valence-corrected chi connectivity index (χ3v) is 12.1. The number of aryl methyl sites for hydroxylation is 5. The molecule has 4 N–H and O–H groups in total. The second kappa shape index (κ2) is 31.8. The Hall–Kier alpha value is -2.96. The van der Waals surface area contributed by atoms with E-state index in [1.54, 1.807) is 0 Å². The van der Waals surface area contributed by atoms with Gasteiger partial charge >= 0.3 is 25.7 Å². The molecule has 2 aromatic rings. The van der Waals surface area contributed by atoms with Crippen LogP contribution < -0.4 is 5.73 Å². The molecule has 0 saturated carbocycles. The Labute approximate surface area is 366 Å². The maximum Gasteiger partial charge on any atom is 0.472 e. The summed E-state index contributed by atoms with van der Waals surface area (Å²) in [5.41, 5.74) is 9.16. The Morgan fingerprint density at radius 2 is 1.11 bits per heavy atom. The number of phosphoric acid groups is 1. The number of esters is 2. The van der Waals surface area contributed by atoms with Crippen molar-refractivity contribution in [2.45, 2.75) is 214 Å². The first-order chi connectivity index (χ1) is 29.3. The molecule has 0 fully saturated rings. The first kappa shape index (κ1) is 54.2. The fourth-order valence-corrected chi connectivity index (χ4v) is 8.02. The fourth-order valence-electron chi connectivity index (χ4n) is 7.25. The number of ether oxygens (including phenoxy) is 2. The Morgan fingerprint density at radius 3 is 1.67 bits per heavy atom. The highest BCUT2D eigenvalue weighted by Gasteiger charge is 2.28. The SMILES string of the molecule is CCCCCc1cc(C)c(CCCCCCCCCCCCC(=O)OCC(COP(=O)(O)OCC(N)C(=O)O)OC(=O)CCCCCCCCc2oc(CCC)c(C)c2C)o1. The molecule has 0 aromatic carbocycles. The molecule has 0 spiro atoms. The zero-order chi connectivity index (χ0) is 44.9. The van der Waals surface area contributed by atoms with Crippen molar-refractivity contribution >= 4 is 25.7 Å². The van der Waals surface area contributed by atoms with Gasteiger partial charge < -0.3 is 34.0 Å². The third kappa shape index (κ3) is 24.5. The van der Waals surface area contributed by atoms with Gasteiger partial charge in [-0.25, -0.2) is 4.57 Å². The summed E-state index contributed by atoms with van der Waals surface area (Å²) in [5.74, 6) is 2.04. The molecule has 3 unspecified atom stereocenters. The summed E-state index contributed by atoms with van der Waals surface area (Å²) in [4.78, 5) is 46.2. The lowest BCUT2D eigenvalue weighted by Gasteiger charge is -2.20. The van der Waals surface area contributed by atoms with Gasteiger partial charge in [-0.05, 0) is 82.1 Å². The molecule has 2 heterocycles. The zero-order valence-corrected chi connectivity index (χ0v) is 39.1. The highest BCUT2D eigenvalue weighted by molar-refractivity contribution is 7.47. The van der Waals surface area contributed by atoms with E-state index in [4.69, 9.17) is 33.7 Å². The van der Waals surface area contributed by atoms with Crippen LogP contribution in [-0.4, -0.2) is 59.9 Å². The summed E-state index contributed by atoms with van der Waals surface area (Å²) < 4.78 is 45.0. The Balaban J connectivity index is 1.62. The lowest BCUT2D eigenvalue weighted by atomic mass is 10.0. The highest BCUT2D eigenvalue weighted by atomic mass is 31.2. The quantitative estimate of drug-likeness (QED) is 0.0327. The van der Waals surface area contributed by atoms with Crippen LogP contribution >= 0.6 is 7.82 Å². The summed E-state index contributed by atoms with van der Waals surface area (Å²) in [6, 6.07) is 0.677. The summed E-state index contributed by atoms with van der Waals surface area (Å²) in [7, 11) is -4.74. The summed E-state index contributed by atoms with van der Waals surface area (Å²) in [6.07, 6.45) is 24.2. The molecule has 0 aliphatic carbocycles. The van der Waals surface area contributed by atoms with Gasteiger partial charge in [0.2, 0.25) is 0 Å². The molecule has 0 aliphatic heterocycles. The van der Waals surface area contributed by atoms with Gasteiger partial charge in [0, 0.05) is 38.5 Å². The second-order valence-corrected chi connectivity index (χ2v) is 18.1. The third-order valence-electron chi connectivity index (χ3n) is 11.2. The largest absolute Gasteiger partial charge is 0.480 e. The van der Waals surface area contributed by atoms with Crippen molar-refractivity contribution in [2.24, 2.45) is 5.73 Å². The van der Waals surface area contributed by atoms with E-state index in [1.807, 2.05) is 0 Å². The summed E-state index contributed by atoms with van der Waals surface area (Å²) in [6.45, 7) is 9.04. The molecule has 2 rings (SSSR count). The Morgan fingerprint density at radius 1 is 0.623 bits per heavy atom. The van der Waals surface area contributed by atoms with E-state index in [2.05, 4.69) is 45.2 Å². The molecular weight excluding hydrogens is 801 g/mol. The van der Waals surface area contributed by atoms with Gasteiger partial charge in [0.05, 0.1) is 13.2 Å². The number of carbonyl (C=O) groups is 3. The molecule has 0 radical (unpaired) electrons. The van der Waals surface area contributed by atoms with E-state index < -0.39 is 51.1 Å². The van der Waals surface area contributed by atoms with Crippen molar-refractivity contribution in [2.75, 3.05) is 19.8 Å². The van der Waals surface area contributed by atoms with E-state index in [9.17, 15) is 23.8 Å². The molecular formula is C47H80NO12P. The van der Waals surface area contributed by atoms with Crippen molar-refractivity contribution in [3.8, 4) is 0 Å². The molecule has 2 aromatic heterocycles. The number of furan rings is 2. The molecule has 0 amide bonds. The second-order valence-electron chi connectivity index (χ2n) is 16.7. The van der Waals surface area contributed by atoms with Crippen molar-refractivity contribution in [1.82, 2.24) is 0 Å². The number of carbonyl (C=O) groups excluding carboxylic acids is 2. The number of nitrogens with two attached hydrogens (primary N) is 1. The van der Waals surface area contributed by atoms with E-state index in [1.165, 1.54) is 68.1 Å².